The Hall–Kier alpha value is -1.26. The molecule has 2 aliphatic rings. The molecule has 96 valence electrons. The average molecular weight is 239 g/mol. The number of amidine groups is 1. The van der Waals surface area contributed by atoms with Crippen molar-refractivity contribution in [2.45, 2.75) is 32.6 Å². The van der Waals surface area contributed by atoms with E-state index in [-0.39, 0.29) is 24.2 Å². The van der Waals surface area contributed by atoms with Crippen LogP contribution in [-0.4, -0.2) is 34.9 Å². The van der Waals surface area contributed by atoms with Gasteiger partial charge in [0, 0.05) is 12.5 Å². The lowest BCUT2D eigenvalue weighted by atomic mass is 10.0. The zero-order valence-corrected chi connectivity index (χ0v) is 10.3. The van der Waals surface area contributed by atoms with Crippen LogP contribution >= 0.6 is 0 Å². The van der Waals surface area contributed by atoms with E-state index >= 15 is 0 Å². The van der Waals surface area contributed by atoms with Crippen LogP contribution in [0, 0.1) is 17.8 Å². The van der Waals surface area contributed by atoms with Gasteiger partial charge in [-0.1, -0.05) is 12.1 Å². The number of nitrogens with zero attached hydrogens (tertiary/aromatic N) is 2. The number of carbonyl (C=O) groups is 1. The van der Waals surface area contributed by atoms with E-state index in [9.17, 15) is 4.79 Å². The van der Waals surface area contributed by atoms with Gasteiger partial charge in [-0.3, -0.25) is 4.79 Å². The Morgan fingerprint density at radius 3 is 2.59 bits per heavy atom. The van der Waals surface area contributed by atoms with Crippen LogP contribution in [0.25, 0.3) is 0 Å². The number of nitrogens with two attached hydrogens (primary N) is 1. The van der Waals surface area contributed by atoms with E-state index in [1.54, 1.807) is 4.90 Å². The first-order valence-corrected chi connectivity index (χ1v) is 6.40. The molecule has 0 spiro atoms. The SMILES string of the molecule is CCCN(CC(N)=NO)C(=O)C1CC2CC2C1. The second-order valence-electron chi connectivity index (χ2n) is 5.28. The lowest BCUT2D eigenvalue weighted by Crippen LogP contribution is -2.42. The van der Waals surface area contributed by atoms with Gasteiger partial charge in [0.25, 0.3) is 0 Å². The summed E-state index contributed by atoms with van der Waals surface area (Å²) in [5.74, 6) is 2.07. The van der Waals surface area contributed by atoms with Crippen LogP contribution in [0.1, 0.15) is 32.6 Å². The van der Waals surface area contributed by atoms with Gasteiger partial charge in [-0.25, -0.2) is 0 Å². The molecule has 0 radical (unpaired) electrons. The van der Waals surface area contributed by atoms with Crippen molar-refractivity contribution >= 4 is 11.7 Å². The maximum Gasteiger partial charge on any atom is 0.226 e. The smallest absolute Gasteiger partial charge is 0.226 e. The molecule has 2 fully saturated rings. The molecule has 2 atom stereocenters. The third-order valence-corrected chi connectivity index (χ3v) is 3.88. The minimum absolute atomic E-state index is 0.106. The molecule has 3 N–H and O–H groups in total. The van der Waals surface area contributed by atoms with E-state index in [0.717, 1.165) is 31.1 Å². The average Bonchev–Trinajstić information content (AvgIpc) is 2.94. The Morgan fingerprint density at radius 1 is 1.41 bits per heavy atom. The molecular weight excluding hydrogens is 218 g/mol. The summed E-state index contributed by atoms with van der Waals surface area (Å²) < 4.78 is 0. The molecule has 5 heteroatoms. The first-order valence-electron chi connectivity index (χ1n) is 6.40. The normalized spacial score (nSPS) is 31.1. The van der Waals surface area contributed by atoms with Gasteiger partial charge >= 0.3 is 0 Å². The number of fused-ring (bicyclic) bond motifs is 1. The van der Waals surface area contributed by atoms with Crippen molar-refractivity contribution in [1.29, 1.82) is 0 Å². The number of carbonyl (C=O) groups excluding carboxylic acids is 1. The van der Waals surface area contributed by atoms with Crippen molar-refractivity contribution in [3.05, 3.63) is 0 Å². The third-order valence-electron chi connectivity index (χ3n) is 3.88. The van der Waals surface area contributed by atoms with Gasteiger partial charge in [0.2, 0.25) is 5.91 Å². The molecule has 0 aliphatic heterocycles. The second-order valence-corrected chi connectivity index (χ2v) is 5.28. The van der Waals surface area contributed by atoms with Gasteiger partial charge in [-0.05, 0) is 37.5 Å². The number of oxime groups is 1. The molecule has 1 amide bonds. The number of rotatable bonds is 5. The predicted molar refractivity (Wildman–Crippen MR) is 64.6 cm³/mol. The number of hydrogen-bond donors (Lipinski definition) is 2. The van der Waals surface area contributed by atoms with Crippen molar-refractivity contribution in [3.63, 3.8) is 0 Å². The molecule has 0 saturated heterocycles. The van der Waals surface area contributed by atoms with Crippen LogP contribution in [-0.2, 0) is 4.79 Å². The standard InChI is InChI=1S/C12H21N3O2/c1-2-3-15(7-11(13)14-17)12(16)10-5-8-4-9(8)6-10/h8-10,17H,2-7H2,1H3,(H2,13,14). The van der Waals surface area contributed by atoms with Crippen molar-refractivity contribution in [2.75, 3.05) is 13.1 Å². The lowest BCUT2D eigenvalue weighted by Gasteiger charge is -2.25. The molecule has 0 aromatic rings. The summed E-state index contributed by atoms with van der Waals surface area (Å²) in [6, 6.07) is 0. The summed E-state index contributed by atoms with van der Waals surface area (Å²) in [6.07, 6.45) is 4.29. The molecule has 2 rings (SSSR count). The maximum absolute atomic E-state index is 12.3. The predicted octanol–water partition coefficient (Wildman–Crippen LogP) is 1.02. The molecule has 0 aromatic carbocycles. The monoisotopic (exact) mass is 239 g/mol. The fourth-order valence-electron chi connectivity index (χ4n) is 2.94. The summed E-state index contributed by atoms with van der Waals surface area (Å²) >= 11 is 0. The van der Waals surface area contributed by atoms with E-state index in [0.29, 0.717) is 6.54 Å². The Labute approximate surface area is 102 Å². The Bertz CT molecular complexity index is 320. The first kappa shape index (κ1) is 12.2. The number of amides is 1. The second kappa shape index (κ2) is 4.94. The molecule has 0 aromatic heterocycles. The highest BCUT2D eigenvalue weighted by Gasteiger charge is 2.48. The zero-order valence-electron chi connectivity index (χ0n) is 10.3. The number of hydrogen-bond acceptors (Lipinski definition) is 3. The first-order chi connectivity index (χ1) is 8.15. The van der Waals surface area contributed by atoms with Gasteiger partial charge in [-0.15, -0.1) is 0 Å². The topological polar surface area (TPSA) is 78.9 Å². The van der Waals surface area contributed by atoms with Gasteiger partial charge in [-0.2, -0.15) is 0 Å². The summed E-state index contributed by atoms with van der Waals surface area (Å²) in [5, 5.41) is 11.5. The van der Waals surface area contributed by atoms with E-state index in [4.69, 9.17) is 10.9 Å². The summed E-state index contributed by atoms with van der Waals surface area (Å²) in [6.45, 7) is 2.95. The van der Waals surface area contributed by atoms with Crippen molar-refractivity contribution < 1.29 is 10.0 Å². The fraction of sp³-hybridized carbons (Fsp3) is 0.833. The van der Waals surface area contributed by atoms with Crippen molar-refractivity contribution in [3.8, 4) is 0 Å². The van der Waals surface area contributed by atoms with Gasteiger partial charge in [0.05, 0.1) is 6.54 Å². The Balaban J connectivity index is 1.92. The van der Waals surface area contributed by atoms with Crippen LogP contribution in [0.15, 0.2) is 5.16 Å². The highest BCUT2D eigenvalue weighted by molar-refractivity contribution is 5.88. The van der Waals surface area contributed by atoms with Gasteiger partial charge in [0.15, 0.2) is 5.84 Å². The van der Waals surface area contributed by atoms with Crippen LogP contribution in [0.2, 0.25) is 0 Å². The Kier molecular flexibility index (Phi) is 3.54. The molecule has 0 bridgehead atoms. The molecule has 2 unspecified atom stereocenters. The molecule has 2 saturated carbocycles. The van der Waals surface area contributed by atoms with Gasteiger partial charge in [0.1, 0.15) is 0 Å². The highest BCUT2D eigenvalue weighted by atomic mass is 16.4. The largest absolute Gasteiger partial charge is 0.409 e. The van der Waals surface area contributed by atoms with E-state index in [1.165, 1.54) is 6.42 Å². The highest BCUT2D eigenvalue weighted by Crippen LogP contribution is 2.54. The Morgan fingerprint density at radius 2 is 2.06 bits per heavy atom. The third kappa shape index (κ3) is 2.70. The molecule has 17 heavy (non-hydrogen) atoms. The van der Waals surface area contributed by atoms with Crippen LogP contribution in [0.4, 0.5) is 0 Å². The maximum atomic E-state index is 12.3. The van der Waals surface area contributed by atoms with Crippen LogP contribution < -0.4 is 5.73 Å². The minimum Gasteiger partial charge on any atom is -0.409 e. The summed E-state index contributed by atoms with van der Waals surface area (Å²) in [7, 11) is 0. The van der Waals surface area contributed by atoms with Crippen LogP contribution in [0.3, 0.4) is 0 Å². The van der Waals surface area contributed by atoms with Crippen LogP contribution in [0.5, 0.6) is 0 Å². The van der Waals surface area contributed by atoms with Crippen molar-refractivity contribution in [1.82, 2.24) is 4.90 Å². The molecular formula is C12H21N3O2. The molecule has 0 heterocycles. The quantitative estimate of drug-likeness (QED) is 0.325. The fourth-order valence-corrected chi connectivity index (χ4v) is 2.94. The summed E-state index contributed by atoms with van der Waals surface area (Å²) in [5.41, 5.74) is 5.48. The molecule has 5 nitrogen and oxygen atoms in total. The zero-order chi connectivity index (χ0) is 12.4. The van der Waals surface area contributed by atoms with Crippen molar-refractivity contribution in [2.24, 2.45) is 28.6 Å². The minimum atomic E-state index is 0.106. The van der Waals surface area contributed by atoms with Gasteiger partial charge < -0.3 is 15.8 Å². The summed E-state index contributed by atoms with van der Waals surface area (Å²) in [4.78, 5) is 14.0. The lowest BCUT2D eigenvalue weighted by molar-refractivity contribution is -0.135. The van der Waals surface area contributed by atoms with E-state index < -0.39 is 0 Å². The molecule has 2 aliphatic carbocycles. The van der Waals surface area contributed by atoms with E-state index in [2.05, 4.69) is 5.16 Å². The van der Waals surface area contributed by atoms with E-state index in [1.807, 2.05) is 6.92 Å².